The van der Waals surface area contributed by atoms with Crippen LogP contribution in [-0.4, -0.2) is 48.2 Å². The molecule has 2 fully saturated rings. The molecule has 108 valence electrons. The van der Waals surface area contributed by atoms with Gasteiger partial charge in [0.25, 0.3) is 0 Å². The lowest BCUT2D eigenvalue weighted by atomic mass is 9.98. The highest BCUT2D eigenvalue weighted by Crippen LogP contribution is 2.30. The molecule has 2 saturated heterocycles. The van der Waals surface area contributed by atoms with E-state index in [1.807, 2.05) is 13.1 Å². The van der Waals surface area contributed by atoms with Crippen molar-refractivity contribution in [2.45, 2.75) is 43.8 Å². The van der Waals surface area contributed by atoms with Crippen molar-refractivity contribution in [3.63, 3.8) is 0 Å². The average molecular weight is 276 g/mol. The third kappa shape index (κ3) is 2.47. The van der Waals surface area contributed by atoms with Crippen LogP contribution in [0, 0.1) is 0 Å². The largest absolute Gasteiger partial charge is 0.463 e. The van der Waals surface area contributed by atoms with Gasteiger partial charge in [-0.1, -0.05) is 0 Å². The maximum absolute atomic E-state index is 11.5. The second-order valence-corrected chi connectivity index (χ2v) is 5.60. The number of ether oxygens (including phenoxy) is 1. The summed E-state index contributed by atoms with van der Waals surface area (Å²) in [5.41, 5.74) is 0. The average Bonchev–Trinajstić information content (AvgIpc) is 2.84. The van der Waals surface area contributed by atoms with E-state index >= 15 is 0 Å². The van der Waals surface area contributed by atoms with Gasteiger partial charge in [-0.2, -0.15) is 0 Å². The van der Waals surface area contributed by atoms with Gasteiger partial charge in [0.05, 0.1) is 7.11 Å². The smallest absolute Gasteiger partial charge is 0.376 e. The molecule has 0 aliphatic carbocycles. The molecule has 2 unspecified atom stereocenters. The minimum Gasteiger partial charge on any atom is -0.463 e. The number of carbonyl (C=O) groups excluding carboxylic acids is 1. The van der Waals surface area contributed by atoms with E-state index in [-0.39, 0.29) is 5.82 Å². The fourth-order valence-corrected chi connectivity index (χ4v) is 3.27. The molecule has 6 nitrogen and oxygen atoms in total. The number of nitrogens with zero attached hydrogens (tertiary/aromatic N) is 3. The third-order valence-electron chi connectivity index (χ3n) is 4.37. The zero-order chi connectivity index (χ0) is 14.1. The highest BCUT2D eigenvalue weighted by Gasteiger charge is 2.35. The second-order valence-electron chi connectivity index (χ2n) is 5.60. The topological polar surface area (TPSA) is 67.3 Å². The first-order valence-corrected chi connectivity index (χ1v) is 7.07. The number of hydrogen-bond acceptors (Lipinski definition) is 6. The Kier molecular flexibility index (Phi) is 3.56. The van der Waals surface area contributed by atoms with Crippen LogP contribution in [0.1, 0.15) is 36.3 Å². The summed E-state index contributed by atoms with van der Waals surface area (Å²) in [7, 11) is 3.38. The number of rotatable bonds is 3. The molecule has 1 aromatic rings. The summed E-state index contributed by atoms with van der Waals surface area (Å²) >= 11 is 0. The molecule has 2 aliphatic heterocycles. The molecule has 0 aromatic carbocycles. The van der Waals surface area contributed by atoms with Gasteiger partial charge in [-0.15, -0.1) is 0 Å². The molecule has 2 aliphatic rings. The van der Waals surface area contributed by atoms with Gasteiger partial charge >= 0.3 is 5.97 Å². The van der Waals surface area contributed by atoms with Crippen LogP contribution in [0.2, 0.25) is 0 Å². The van der Waals surface area contributed by atoms with Gasteiger partial charge < -0.3 is 15.0 Å². The zero-order valence-corrected chi connectivity index (χ0v) is 11.9. The zero-order valence-electron chi connectivity index (χ0n) is 11.9. The lowest BCUT2D eigenvalue weighted by molar-refractivity contribution is 0.0586. The SMILES string of the molecule is COC(=O)c1nccc(N(C)C2CC3CCC(C2)N3)n1. The van der Waals surface area contributed by atoms with Gasteiger partial charge in [0, 0.05) is 31.4 Å². The van der Waals surface area contributed by atoms with Crippen LogP contribution in [0.5, 0.6) is 0 Å². The molecule has 0 radical (unpaired) electrons. The first kappa shape index (κ1) is 13.3. The molecule has 0 spiro atoms. The first-order chi connectivity index (χ1) is 9.67. The number of piperidine rings is 1. The Labute approximate surface area is 118 Å². The summed E-state index contributed by atoms with van der Waals surface area (Å²) in [6, 6.07) is 3.57. The Bertz CT molecular complexity index is 496. The van der Waals surface area contributed by atoms with Crippen molar-refractivity contribution in [1.82, 2.24) is 15.3 Å². The normalized spacial score (nSPS) is 28.2. The maximum atomic E-state index is 11.5. The van der Waals surface area contributed by atoms with Crippen molar-refractivity contribution in [2.24, 2.45) is 0 Å². The fraction of sp³-hybridized carbons (Fsp3) is 0.643. The van der Waals surface area contributed by atoms with Gasteiger partial charge in [0.15, 0.2) is 0 Å². The number of aromatic nitrogens is 2. The van der Waals surface area contributed by atoms with Crippen LogP contribution in [0.15, 0.2) is 12.3 Å². The predicted molar refractivity (Wildman–Crippen MR) is 74.7 cm³/mol. The summed E-state index contributed by atoms with van der Waals surface area (Å²) in [4.78, 5) is 21.9. The van der Waals surface area contributed by atoms with E-state index in [0.717, 1.165) is 18.7 Å². The lowest BCUT2D eigenvalue weighted by Gasteiger charge is -2.36. The lowest BCUT2D eigenvalue weighted by Crippen LogP contribution is -2.47. The van der Waals surface area contributed by atoms with Crippen molar-refractivity contribution in [3.05, 3.63) is 18.1 Å². The van der Waals surface area contributed by atoms with Gasteiger partial charge in [0.2, 0.25) is 5.82 Å². The van der Waals surface area contributed by atoms with E-state index in [2.05, 4.69) is 24.9 Å². The van der Waals surface area contributed by atoms with Crippen LogP contribution in [0.4, 0.5) is 5.82 Å². The Morgan fingerprint density at radius 3 is 2.75 bits per heavy atom. The summed E-state index contributed by atoms with van der Waals surface area (Å²) in [6.45, 7) is 0. The number of carbonyl (C=O) groups is 1. The number of methoxy groups -OCH3 is 1. The molecular weight excluding hydrogens is 256 g/mol. The Morgan fingerprint density at radius 2 is 2.10 bits per heavy atom. The van der Waals surface area contributed by atoms with E-state index in [9.17, 15) is 4.79 Å². The Morgan fingerprint density at radius 1 is 1.40 bits per heavy atom. The van der Waals surface area contributed by atoms with Crippen LogP contribution in [0.25, 0.3) is 0 Å². The summed E-state index contributed by atoms with van der Waals surface area (Å²) in [6.07, 6.45) is 6.41. The van der Waals surface area contributed by atoms with Crippen molar-refractivity contribution in [2.75, 3.05) is 19.1 Å². The Hall–Kier alpha value is -1.69. The number of fused-ring (bicyclic) bond motifs is 2. The number of hydrogen-bond donors (Lipinski definition) is 1. The van der Waals surface area contributed by atoms with Crippen molar-refractivity contribution in [3.8, 4) is 0 Å². The first-order valence-electron chi connectivity index (χ1n) is 7.07. The van der Waals surface area contributed by atoms with Crippen molar-refractivity contribution >= 4 is 11.8 Å². The minimum atomic E-state index is -0.495. The predicted octanol–water partition coefficient (Wildman–Crippen LogP) is 0.982. The summed E-state index contributed by atoms with van der Waals surface area (Å²) < 4.78 is 4.67. The van der Waals surface area contributed by atoms with E-state index < -0.39 is 5.97 Å². The third-order valence-corrected chi connectivity index (χ3v) is 4.37. The molecule has 3 heterocycles. The quantitative estimate of drug-likeness (QED) is 0.830. The van der Waals surface area contributed by atoms with Crippen LogP contribution in [-0.2, 0) is 4.74 Å². The van der Waals surface area contributed by atoms with Crippen LogP contribution < -0.4 is 10.2 Å². The standard InChI is InChI=1S/C14H20N4O2/c1-18(11-7-9-3-4-10(8-11)16-9)12-5-6-15-13(17-12)14(19)20-2/h5-6,9-11,16H,3-4,7-8H2,1-2H3. The fourth-order valence-electron chi connectivity index (χ4n) is 3.27. The molecule has 6 heteroatoms. The van der Waals surface area contributed by atoms with E-state index in [1.165, 1.54) is 20.0 Å². The molecule has 2 bridgehead atoms. The van der Waals surface area contributed by atoms with Crippen molar-refractivity contribution < 1.29 is 9.53 Å². The molecule has 0 amide bonds. The number of anilines is 1. The summed E-state index contributed by atoms with van der Waals surface area (Å²) in [5, 5.41) is 3.63. The minimum absolute atomic E-state index is 0.119. The molecular formula is C14H20N4O2. The van der Waals surface area contributed by atoms with Gasteiger partial charge in [-0.25, -0.2) is 14.8 Å². The van der Waals surface area contributed by atoms with Crippen LogP contribution >= 0.6 is 0 Å². The highest BCUT2D eigenvalue weighted by atomic mass is 16.5. The number of esters is 1. The highest BCUT2D eigenvalue weighted by molar-refractivity contribution is 5.85. The van der Waals surface area contributed by atoms with E-state index in [0.29, 0.717) is 18.1 Å². The van der Waals surface area contributed by atoms with Gasteiger partial charge in [0.1, 0.15) is 5.82 Å². The van der Waals surface area contributed by atoms with E-state index in [1.54, 1.807) is 6.20 Å². The van der Waals surface area contributed by atoms with Crippen LogP contribution in [0.3, 0.4) is 0 Å². The molecule has 1 N–H and O–H groups in total. The molecule has 3 rings (SSSR count). The molecule has 1 aromatic heterocycles. The monoisotopic (exact) mass is 276 g/mol. The second kappa shape index (κ2) is 5.36. The molecule has 2 atom stereocenters. The maximum Gasteiger partial charge on any atom is 0.376 e. The van der Waals surface area contributed by atoms with Gasteiger partial charge in [-0.3, -0.25) is 0 Å². The van der Waals surface area contributed by atoms with Crippen molar-refractivity contribution in [1.29, 1.82) is 0 Å². The summed E-state index contributed by atoms with van der Waals surface area (Å²) in [5.74, 6) is 0.408. The molecule has 0 saturated carbocycles. The van der Waals surface area contributed by atoms with E-state index in [4.69, 9.17) is 0 Å². The molecule has 20 heavy (non-hydrogen) atoms. The number of nitrogens with one attached hydrogen (secondary N) is 1. The Balaban J connectivity index is 1.76. The van der Waals surface area contributed by atoms with Gasteiger partial charge in [-0.05, 0) is 31.7 Å².